The molecule has 76 valence electrons. The number of rotatable bonds is 0. The fourth-order valence-corrected chi connectivity index (χ4v) is 2.39. The molecular formula is C12H25B. The van der Waals surface area contributed by atoms with Crippen molar-refractivity contribution in [1.82, 2.24) is 0 Å². The van der Waals surface area contributed by atoms with E-state index < -0.39 is 0 Å². The van der Waals surface area contributed by atoms with E-state index in [-0.39, 0.29) is 0 Å². The lowest BCUT2D eigenvalue weighted by Gasteiger charge is -2.19. The van der Waals surface area contributed by atoms with E-state index >= 15 is 0 Å². The maximum atomic E-state index is 2.45. The molecule has 2 atom stereocenters. The minimum Gasteiger partial charge on any atom is -0.0672 e. The van der Waals surface area contributed by atoms with Gasteiger partial charge >= 0.3 is 0 Å². The van der Waals surface area contributed by atoms with Crippen molar-refractivity contribution in [3.63, 3.8) is 0 Å². The molecule has 0 unspecified atom stereocenters. The molecule has 0 aromatic carbocycles. The van der Waals surface area contributed by atoms with Crippen LogP contribution in [0.2, 0.25) is 5.82 Å². The summed E-state index contributed by atoms with van der Waals surface area (Å²) in [6, 6.07) is 0. The van der Waals surface area contributed by atoms with E-state index in [0.717, 1.165) is 11.7 Å². The van der Waals surface area contributed by atoms with E-state index in [4.69, 9.17) is 0 Å². The molecule has 1 rings (SSSR count). The average molecular weight is 180 g/mol. The molecule has 0 aromatic rings. The molecule has 1 aliphatic rings. The molecular weight excluding hydrogens is 155 g/mol. The number of hydrogen-bond acceptors (Lipinski definition) is 0. The highest BCUT2D eigenvalue weighted by Crippen LogP contribution is 2.27. The first kappa shape index (κ1) is 11.1. The van der Waals surface area contributed by atoms with Crippen LogP contribution in [-0.2, 0) is 0 Å². The van der Waals surface area contributed by atoms with Crippen LogP contribution in [0.3, 0.4) is 0 Å². The van der Waals surface area contributed by atoms with Crippen molar-refractivity contribution in [2.45, 2.75) is 70.5 Å². The molecule has 0 radical (unpaired) electrons. The lowest BCUT2D eigenvalue weighted by molar-refractivity contribution is 0.447. The third-order valence-corrected chi connectivity index (χ3v) is 3.79. The molecule has 0 saturated heterocycles. The molecule has 0 aromatic heterocycles. The largest absolute Gasteiger partial charge is 0.105 e. The van der Waals surface area contributed by atoms with Crippen LogP contribution in [0.15, 0.2) is 0 Å². The van der Waals surface area contributed by atoms with Gasteiger partial charge in [-0.05, 0) is 5.92 Å². The third-order valence-electron chi connectivity index (χ3n) is 3.79. The van der Waals surface area contributed by atoms with Gasteiger partial charge in [-0.2, -0.15) is 0 Å². The van der Waals surface area contributed by atoms with Gasteiger partial charge in [-0.25, -0.2) is 0 Å². The second kappa shape index (κ2) is 6.51. The van der Waals surface area contributed by atoms with Gasteiger partial charge in [0.1, 0.15) is 7.85 Å². The summed E-state index contributed by atoms with van der Waals surface area (Å²) in [5, 5.41) is 0. The van der Waals surface area contributed by atoms with E-state index in [1.165, 1.54) is 57.8 Å². The summed E-state index contributed by atoms with van der Waals surface area (Å²) < 4.78 is 0. The fourth-order valence-electron chi connectivity index (χ4n) is 2.39. The van der Waals surface area contributed by atoms with Gasteiger partial charge in [0, 0.05) is 0 Å². The zero-order valence-electron chi connectivity index (χ0n) is 9.52. The molecule has 1 heteroatoms. The van der Waals surface area contributed by atoms with Crippen LogP contribution in [-0.4, -0.2) is 7.85 Å². The SMILES string of the molecule is B[C@@H]1CCCCCCCCC[C@@H]1C. The predicted octanol–water partition coefficient (Wildman–Crippen LogP) is 3.57. The van der Waals surface area contributed by atoms with Crippen molar-refractivity contribution in [2.75, 3.05) is 0 Å². The Morgan fingerprint density at radius 2 is 1.23 bits per heavy atom. The zero-order valence-corrected chi connectivity index (χ0v) is 9.52. The van der Waals surface area contributed by atoms with Crippen LogP contribution < -0.4 is 0 Å². The molecule has 0 heterocycles. The van der Waals surface area contributed by atoms with Gasteiger partial charge in [0.15, 0.2) is 0 Å². The Kier molecular flexibility index (Phi) is 5.58. The maximum absolute atomic E-state index is 2.45. The molecule has 0 N–H and O–H groups in total. The highest BCUT2D eigenvalue weighted by atomic mass is 14.1. The Balaban J connectivity index is 2.26. The Bertz CT molecular complexity index is 108. The van der Waals surface area contributed by atoms with Crippen LogP contribution in [0.5, 0.6) is 0 Å². The standard InChI is InChI=1S/C12H25B/c1-11-9-7-5-3-2-4-6-8-10-12(11)13/h11-12H,2-10,13H2,1H3/t11-,12+/m0/s1. The Morgan fingerprint density at radius 3 is 1.85 bits per heavy atom. The van der Waals surface area contributed by atoms with Crippen LogP contribution >= 0.6 is 0 Å². The number of hydrogen-bond donors (Lipinski definition) is 0. The summed E-state index contributed by atoms with van der Waals surface area (Å²) in [5.74, 6) is 1.94. The Hall–Kier alpha value is 0.0649. The van der Waals surface area contributed by atoms with Crippen molar-refractivity contribution in [2.24, 2.45) is 5.92 Å². The minimum atomic E-state index is 0.970. The second-order valence-electron chi connectivity index (χ2n) is 5.01. The lowest BCUT2D eigenvalue weighted by Crippen LogP contribution is -2.05. The second-order valence-corrected chi connectivity index (χ2v) is 5.01. The summed E-state index contributed by atoms with van der Waals surface area (Å²) in [7, 11) is 2.45. The van der Waals surface area contributed by atoms with Crippen molar-refractivity contribution in [3.05, 3.63) is 0 Å². The quantitative estimate of drug-likeness (QED) is 0.500. The van der Waals surface area contributed by atoms with Crippen LogP contribution in [0.4, 0.5) is 0 Å². The third kappa shape index (κ3) is 4.74. The molecule has 0 aliphatic heterocycles. The summed E-state index contributed by atoms with van der Waals surface area (Å²) in [6.07, 6.45) is 13.3. The van der Waals surface area contributed by atoms with Crippen molar-refractivity contribution in [1.29, 1.82) is 0 Å². The van der Waals surface area contributed by atoms with Crippen LogP contribution in [0, 0.1) is 5.92 Å². The monoisotopic (exact) mass is 180 g/mol. The van der Waals surface area contributed by atoms with Gasteiger partial charge < -0.3 is 0 Å². The van der Waals surface area contributed by atoms with E-state index in [0.29, 0.717) is 0 Å². The molecule has 1 aliphatic carbocycles. The summed E-state index contributed by atoms with van der Waals surface area (Å²) in [6.45, 7) is 2.45. The van der Waals surface area contributed by atoms with Crippen LogP contribution in [0.1, 0.15) is 64.7 Å². The van der Waals surface area contributed by atoms with Gasteiger partial charge in [0.25, 0.3) is 0 Å². The smallest absolute Gasteiger partial charge is 0.0672 e. The highest BCUT2D eigenvalue weighted by molar-refractivity contribution is 6.11. The maximum Gasteiger partial charge on any atom is 0.105 e. The first-order valence-corrected chi connectivity index (χ1v) is 6.30. The van der Waals surface area contributed by atoms with Crippen molar-refractivity contribution >= 4 is 7.85 Å². The van der Waals surface area contributed by atoms with Gasteiger partial charge in [-0.1, -0.05) is 70.5 Å². The van der Waals surface area contributed by atoms with E-state index in [1.54, 1.807) is 0 Å². The highest BCUT2D eigenvalue weighted by Gasteiger charge is 2.12. The summed E-state index contributed by atoms with van der Waals surface area (Å²) in [5.41, 5.74) is 0. The van der Waals surface area contributed by atoms with E-state index in [1.807, 2.05) is 0 Å². The Labute approximate surface area is 84.9 Å². The predicted molar refractivity (Wildman–Crippen MR) is 63.0 cm³/mol. The topological polar surface area (TPSA) is 0 Å². The van der Waals surface area contributed by atoms with Crippen molar-refractivity contribution < 1.29 is 0 Å². The van der Waals surface area contributed by atoms with E-state index in [9.17, 15) is 0 Å². The molecule has 1 fully saturated rings. The van der Waals surface area contributed by atoms with Crippen molar-refractivity contribution in [3.8, 4) is 0 Å². The van der Waals surface area contributed by atoms with E-state index in [2.05, 4.69) is 14.8 Å². The van der Waals surface area contributed by atoms with Gasteiger partial charge in [0.2, 0.25) is 0 Å². The average Bonchev–Trinajstić information content (AvgIpc) is 2.16. The lowest BCUT2D eigenvalue weighted by atomic mass is 9.72. The summed E-state index contributed by atoms with van der Waals surface area (Å²) in [4.78, 5) is 0. The first-order chi connectivity index (χ1) is 6.30. The van der Waals surface area contributed by atoms with Gasteiger partial charge in [-0.15, -0.1) is 0 Å². The zero-order chi connectivity index (χ0) is 9.52. The molecule has 13 heavy (non-hydrogen) atoms. The van der Waals surface area contributed by atoms with Crippen LogP contribution in [0.25, 0.3) is 0 Å². The van der Waals surface area contributed by atoms with Gasteiger partial charge in [-0.3, -0.25) is 0 Å². The molecule has 0 spiro atoms. The first-order valence-electron chi connectivity index (χ1n) is 6.30. The normalized spacial score (nSPS) is 33.6. The minimum absolute atomic E-state index is 0.970. The molecule has 0 amide bonds. The Morgan fingerprint density at radius 1 is 0.769 bits per heavy atom. The fraction of sp³-hybridized carbons (Fsp3) is 1.00. The molecule has 0 bridgehead atoms. The molecule has 1 saturated carbocycles. The summed E-state index contributed by atoms with van der Waals surface area (Å²) >= 11 is 0. The molecule has 0 nitrogen and oxygen atoms in total. The van der Waals surface area contributed by atoms with Gasteiger partial charge in [0.05, 0.1) is 0 Å².